The lowest BCUT2D eigenvalue weighted by molar-refractivity contribution is 0.102. The van der Waals surface area contributed by atoms with Crippen molar-refractivity contribution in [2.75, 3.05) is 5.32 Å². The Hall–Kier alpha value is -4.17. The molecule has 4 aromatic rings. The normalized spacial score (nSPS) is 13.1. The highest BCUT2D eigenvalue weighted by atomic mass is 35.5. The third kappa shape index (κ3) is 4.94. The first-order valence-electron chi connectivity index (χ1n) is 11.7. The second-order valence-corrected chi connectivity index (χ2v) is 9.07. The first-order valence-corrected chi connectivity index (χ1v) is 12.0. The molecule has 0 saturated heterocycles. The Morgan fingerprint density at radius 3 is 2.56 bits per heavy atom. The molecule has 1 fully saturated rings. The van der Waals surface area contributed by atoms with Crippen LogP contribution in [0.1, 0.15) is 46.8 Å². The summed E-state index contributed by atoms with van der Waals surface area (Å²) in [4.78, 5) is 29.6. The molecular weight excluding hydrogens is 478 g/mol. The Morgan fingerprint density at radius 1 is 1.06 bits per heavy atom. The van der Waals surface area contributed by atoms with Crippen molar-refractivity contribution >= 4 is 29.2 Å². The van der Waals surface area contributed by atoms with Crippen molar-refractivity contribution in [3.63, 3.8) is 0 Å². The van der Waals surface area contributed by atoms with Crippen LogP contribution >= 0.6 is 11.6 Å². The van der Waals surface area contributed by atoms with Gasteiger partial charge in [0.25, 0.3) is 5.91 Å². The van der Waals surface area contributed by atoms with E-state index in [-0.39, 0.29) is 30.2 Å². The fourth-order valence-electron chi connectivity index (χ4n) is 4.10. The minimum absolute atomic E-state index is 0.00167. The summed E-state index contributed by atoms with van der Waals surface area (Å²) in [6.45, 7) is 0.263. The first kappa shape index (κ1) is 23.6. The minimum Gasteiger partial charge on any atom is -0.507 e. The van der Waals surface area contributed by atoms with Crippen LogP contribution in [0, 0.1) is 0 Å². The summed E-state index contributed by atoms with van der Waals surface area (Å²) in [6, 6.07) is 16.8. The van der Waals surface area contributed by atoms with Crippen LogP contribution in [-0.4, -0.2) is 31.8 Å². The highest BCUT2D eigenvalue weighted by molar-refractivity contribution is 6.31. The van der Waals surface area contributed by atoms with Crippen LogP contribution < -0.4 is 10.6 Å². The molecule has 182 valence electrons. The van der Waals surface area contributed by atoms with E-state index in [4.69, 9.17) is 11.6 Å². The van der Waals surface area contributed by atoms with Crippen molar-refractivity contribution < 1.29 is 14.7 Å². The van der Waals surface area contributed by atoms with Crippen LogP contribution in [0.25, 0.3) is 11.3 Å². The Morgan fingerprint density at radius 2 is 1.83 bits per heavy atom. The molecule has 1 aliphatic carbocycles. The van der Waals surface area contributed by atoms with Gasteiger partial charge in [0.05, 0.1) is 11.4 Å². The van der Waals surface area contributed by atoms with E-state index in [1.54, 1.807) is 42.7 Å². The molecule has 36 heavy (non-hydrogen) atoms. The fraction of sp³-hybridized carbons (Fsp3) is 0.185. The van der Waals surface area contributed by atoms with Crippen molar-refractivity contribution in [1.29, 1.82) is 0 Å². The topological polar surface area (TPSA) is 109 Å². The van der Waals surface area contributed by atoms with Gasteiger partial charge in [0.15, 0.2) is 0 Å². The number of phenolic OH excluding ortho intramolecular Hbond substituents is 1. The number of carbonyl (C=O) groups is 2. The SMILES string of the molecule is O=C(Nc1ccc(O)c(-c2cc(C3CCC3)n(C(=O)NCc3ccccc3Cl)n2)c1)c1ccncc1. The highest BCUT2D eigenvalue weighted by Gasteiger charge is 2.27. The number of aromatic hydroxyl groups is 1. The Kier molecular flexibility index (Phi) is 6.69. The maximum Gasteiger partial charge on any atom is 0.342 e. The summed E-state index contributed by atoms with van der Waals surface area (Å²) in [5, 5.41) is 21.4. The molecule has 2 aromatic carbocycles. The maximum atomic E-state index is 13.1. The molecule has 0 aliphatic heterocycles. The zero-order chi connectivity index (χ0) is 25.1. The van der Waals surface area contributed by atoms with E-state index in [1.165, 1.54) is 10.7 Å². The second kappa shape index (κ2) is 10.2. The number of rotatable bonds is 6. The van der Waals surface area contributed by atoms with Crippen LogP contribution in [0.4, 0.5) is 10.5 Å². The number of pyridine rings is 1. The standard InChI is InChI=1S/C27H24ClN5O3/c28-22-7-2-1-4-19(22)16-30-27(36)33-24(17-5-3-6-17)15-23(32-33)21-14-20(8-9-25(21)34)31-26(35)18-10-12-29-13-11-18/h1-2,4,7-15,17,34H,3,5-6,16H2,(H,30,36)(H,31,35). The monoisotopic (exact) mass is 501 g/mol. The smallest absolute Gasteiger partial charge is 0.342 e. The largest absolute Gasteiger partial charge is 0.507 e. The quantitative estimate of drug-likeness (QED) is 0.299. The number of anilines is 1. The Bertz CT molecular complexity index is 1420. The van der Waals surface area contributed by atoms with Crippen molar-refractivity contribution in [3.8, 4) is 17.0 Å². The van der Waals surface area contributed by atoms with E-state index >= 15 is 0 Å². The van der Waals surface area contributed by atoms with Gasteiger partial charge >= 0.3 is 6.03 Å². The number of nitrogens with zero attached hydrogens (tertiary/aromatic N) is 3. The zero-order valence-corrected chi connectivity index (χ0v) is 20.1. The van der Waals surface area contributed by atoms with Gasteiger partial charge in [0, 0.05) is 46.7 Å². The van der Waals surface area contributed by atoms with Gasteiger partial charge in [-0.25, -0.2) is 4.79 Å². The molecule has 2 aromatic heterocycles. The number of hydrogen-bond acceptors (Lipinski definition) is 5. The number of amides is 2. The average Bonchev–Trinajstić information content (AvgIpc) is 3.28. The molecule has 0 bridgehead atoms. The number of phenols is 1. The molecule has 2 amide bonds. The number of benzene rings is 2. The summed E-state index contributed by atoms with van der Waals surface area (Å²) >= 11 is 6.22. The van der Waals surface area contributed by atoms with Gasteiger partial charge in [-0.05, 0) is 60.9 Å². The second-order valence-electron chi connectivity index (χ2n) is 8.67. The Labute approximate surface area is 212 Å². The maximum absolute atomic E-state index is 13.1. The van der Waals surface area contributed by atoms with E-state index in [2.05, 4.69) is 20.7 Å². The fourth-order valence-corrected chi connectivity index (χ4v) is 4.30. The molecule has 2 heterocycles. The molecule has 0 atom stereocenters. The molecule has 1 aliphatic rings. The average molecular weight is 502 g/mol. The molecule has 1 saturated carbocycles. The van der Waals surface area contributed by atoms with Crippen LogP contribution in [0.2, 0.25) is 5.02 Å². The zero-order valence-electron chi connectivity index (χ0n) is 19.3. The highest BCUT2D eigenvalue weighted by Crippen LogP contribution is 2.39. The van der Waals surface area contributed by atoms with Crippen LogP contribution in [0.3, 0.4) is 0 Å². The lowest BCUT2D eigenvalue weighted by Gasteiger charge is -2.25. The van der Waals surface area contributed by atoms with Crippen LogP contribution in [0.15, 0.2) is 73.1 Å². The van der Waals surface area contributed by atoms with Crippen molar-refractivity contribution in [3.05, 3.63) is 94.9 Å². The third-order valence-corrected chi connectivity index (χ3v) is 6.68. The predicted octanol–water partition coefficient (Wildman–Crippen LogP) is 5.58. The van der Waals surface area contributed by atoms with Crippen LogP contribution in [-0.2, 0) is 6.54 Å². The van der Waals surface area contributed by atoms with E-state index < -0.39 is 0 Å². The first-order chi connectivity index (χ1) is 17.5. The summed E-state index contributed by atoms with van der Waals surface area (Å²) in [5.41, 5.74) is 3.42. The summed E-state index contributed by atoms with van der Waals surface area (Å²) in [5.74, 6) is -0.0825. The van der Waals surface area contributed by atoms with Crippen molar-refractivity contribution in [1.82, 2.24) is 20.1 Å². The van der Waals surface area contributed by atoms with Gasteiger partial charge < -0.3 is 15.7 Å². The van der Waals surface area contributed by atoms with E-state index in [0.717, 1.165) is 30.5 Å². The Balaban J connectivity index is 1.41. The van der Waals surface area contributed by atoms with E-state index in [0.29, 0.717) is 27.5 Å². The molecular formula is C27H24ClN5O3. The van der Waals surface area contributed by atoms with E-state index in [9.17, 15) is 14.7 Å². The molecule has 3 N–H and O–H groups in total. The molecule has 0 unspecified atom stereocenters. The third-order valence-electron chi connectivity index (χ3n) is 6.31. The number of hydrogen-bond donors (Lipinski definition) is 3. The number of nitrogens with one attached hydrogen (secondary N) is 2. The lowest BCUT2D eigenvalue weighted by atomic mass is 9.82. The number of carbonyl (C=O) groups excluding carboxylic acids is 2. The van der Waals surface area contributed by atoms with Gasteiger partial charge in [-0.15, -0.1) is 0 Å². The lowest BCUT2D eigenvalue weighted by Crippen LogP contribution is -2.31. The van der Waals surface area contributed by atoms with Gasteiger partial charge in [0.2, 0.25) is 0 Å². The van der Waals surface area contributed by atoms with Gasteiger partial charge in [0.1, 0.15) is 5.75 Å². The van der Waals surface area contributed by atoms with Gasteiger partial charge in [-0.2, -0.15) is 9.78 Å². The predicted molar refractivity (Wildman–Crippen MR) is 137 cm³/mol. The molecule has 8 nitrogen and oxygen atoms in total. The number of aromatic nitrogens is 3. The molecule has 0 spiro atoms. The number of halogens is 1. The molecule has 0 radical (unpaired) electrons. The minimum atomic E-state index is -0.371. The van der Waals surface area contributed by atoms with Crippen LogP contribution in [0.5, 0.6) is 5.75 Å². The van der Waals surface area contributed by atoms with Gasteiger partial charge in [-0.1, -0.05) is 36.2 Å². The summed E-state index contributed by atoms with van der Waals surface area (Å²) in [6.07, 6.45) is 6.12. The molecule has 5 rings (SSSR count). The van der Waals surface area contributed by atoms with Gasteiger partial charge in [-0.3, -0.25) is 9.78 Å². The van der Waals surface area contributed by atoms with E-state index in [1.807, 2.05) is 24.3 Å². The van der Waals surface area contributed by atoms with Crippen molar-refractivity contribution in [2.24, 2.45) is 0 Å². The molecule has 9 heteroatoms. The summed E-state index contributed by atoms with van der Waals surface area (Å²) < 4.78 is 1.37. The van der Waals surface area contributed by atoms with Crippen molar-refractivity contribution in [2.45, 2.75) is 31.7 Å². The summed E-state index contributed by atoms with van der Waals surface area (Å²) in [7, 11) is 0.